The second-order valence-corrected chi connectivity index (χ2v) is 1.91. The Balaban J connectivity index is 2.96. The van der Waals surface area contributed by atoms with Gasteiger partial charge in [-0.2, -0.15) is 9.98 Å². The molecule has 0 unspecified atom stereocenters. The van der Waals surface area contributed by atoms with Gasteiger partial charge in [0, 0.05) is 6.07 Å². The van der Waals surface area contributed by atoms with Crippen LogP contribution < -0.4 is 10.7 Å². The summed E-state index contributed by atoms with van der Waals surface area (Å²) in [5.41, 5.74) is 0. The third-order valence-corrected chi connectivity index (χ3v) is 1.24. The summed E-state index contributed by atoms with van der Waals surface area (Å²) in [6.45, 7) is 0. The molecule has 0 atom stereocenters. The number of nitrogens with zero attached hydrogens (tertiary/aromatic N) is 2. The predicted octanol–water partition coefficient (Wildman–Crippen LogP) is -0.140. The molecule has 3 nitrogen and oxygen atoms in total. The van der Waals surface area contributed by atoms with E-state index in [1.165, 1.54) is 0 Å². The Morgan fingerprint density at radius 3 is 3.10 bits per heavy atom. The highest BCUT2D eigenvalue weighted by Gasteiger charge is 2.01. The van der Waals surface area contributed by atoms with E-state index in [1.807, 2.05) is 0 Å². The molecule has 1 heterocycles. The van der Waals surface area contributed by atoms with Crippen LogP contribution in [0.15, 0.2) is 28.2 Å². The zero-order valence-corrected chi connectivity index (χ0v) is 5.03. The molecule has 0 aliphatic carbocycles. The van der Waals surface area contributed by atoms with Crippen LogP contribution in [0.2, 0.25) is 0 Å². The molecule has 0 fully saturated rings. The number of para-hydroxylation sites is 1. The summed E-state index contributed by atoms with van der Waals surface area (Å²) in [6.07, 6.45) is 0. The molecule has 1 radical (unpaired) electrons. The lowest BCUT2D eigenvalue weighted by Gasteiger charge is -1.74. The molecular formula is C7H3N2O. The summed E-state index contributed by atoms with van der Waals surface area (Å²) >= 11 is 0. The molecule has 0 N–H and O–H groups in total. The van der Waals surface area contributed by atoms with Gasteiger partial charge in [-0.1, -0.05) is 12.1 Å². The fraction of sp³-hybridized carbons (Fsp3) is 0. The standard InChI is InChI=1S/C7H3N2O/c10-7-8-5-3-1-2-4-6(5)9-7/h1-3H. The van der Waals surface area contributed by atoms with Crippen molar-refractivity contribution in [3.05, 3.63) is 35.0 Å². The van der Waals surface area contributed by atoms with Crippen molar-refractivity contribution in [3.63, 3.8) is 0 Å². The van der Waals surface area contributed by atoms with E-state index in [2.05, 4.69) is 16.1 Å². The summed E-state index contributed by atoms with van der Waals surface area (Å²) < 4.78 is 0. The van der Waals surface area contributed by atoms with Crippen molar-refractivity contribution in [1.82, 2.24) is 0 Å². The van der Waals surface area contributed by atoms with Crippen LogP contribution in [0.4, 0.5) is 4.79 Å². The Kier molecular flexibility index (Phi) is 0.917. The summed E-state index contributed by atoms with van der Waals surface area (Å²) in [6, 6.07) is 7.58. The number of amides is 2. The number of benzene rings is 1. The van der Waals surface area contributed by atoms with Crippen molar-refractivity contribution in [2.75, 3.05) is 0 Å². The van der Waals surface area contributed by atoms with Gasteiger partial charge in [0.05, 0.1) is 5.36 Å². The quantitative estimate of drug-likeness (QED) is 0.483. The van der Waals surface area contributed by atoms with Crippen molar-refractivity contribution in [1.29, 1.82) is 0 Å². The first kappa shape index (κ1) is 5.29. The lowest BCUT2D eigenvalue weighted by Crippen LogP contribution is -2.20. The zero-order valence-electron chi connectivity index (χ0n) is 5.03. The van der Waals surface area contributed by atoms with Crippen LogP contribution in [0.3, 0.4) is 0 Å². The summed E-state index contributed by atoms with van der Waals surface area (Å²) in [7, 11) is 0. The highest BCUT2D eigenvalue weighted by molar-refractivity contribution is 5.77. The zero-order chi connectivity index (χ0) is 6.97. The number of urea groups is 1. The molecule has 1 aromatic carbocycles. The van der Waals surface area contributed by atoms with E-state index in [-0.39, 0.29) is 0 Å². The first-order valence-electron chi connectivity index (χ1n) is 2.84. The predicted molar refractivity (Wildman–Crippen MR) is 33.0 cm³/mol. The van der Waals surface area contributed by atoms with Gasteiger partial charge in [-0.15, -0.1) is 0 Å². The van der Waals surface area contributed by atoms with Crippen LogP contribution in [-0.4, -0.2) is 6.03 Å². The SMILES string of the molecule is O=C1N=c2[c]cccc2=N1. The van der Waals surface area contributed by atoms with Crippen LogP contribution in [0.5, 0.6) is 0 Å². The highest BCUT2D eigenvalue weighted by Crippen LogP contribution is 1.82. The normalized spacial score (nSPS) is 13.8. The molecule has 0 bridgehead atoms. The molecule has 47 valence electrons. The molecule has 0 aromatic heterocycles. The molecular weight excluding hydrogens is 128 g/mol. The second kappa shape index (κ2) is 1.73. The van der Waals surface area contributed by atoms with Gasteiger partial charge in [0.2, 0.25) is 0 Å². The van der Waals surface area contributed by atoms with Gasteiger partial charge in [0.15, 0.2) is 0 Å². The third kappa shape index (κ3) is 0.639. The van der Waals surface area contributed by atoms with Gasteiger partial charge in [-0.25, -0.2) is 4.79 Å². The topological polar surface area (TPSA) is 41.8 Å². The Morgan fingerprint density at radius 2 is 2.30 bits per heavy atom. The Labute approximate surface area is 56.7 Å². The lowest BCUT2D eigenvalue weighted by molar-refractivity contribution is 0.256. The third-order valence-electron chi connectivity index (χ3n) is 1.24. The summed E-state index contributed by atoms with van der Waals surface area (Å²) in [5, 5.41) is 1.17. The maximum atomic E-state index is 10.5. The average Bonchev–Trinajstić information content (AvgIpc) is 2.27. The summed E-state index contributed by atoms with van der Waals surface area (Å²) in [5.74, 6) is 0. The molecule has 10 heavy (non-hydrogen) atoms. The van der Waals surface area contributed by atoms with E-state index in [0.717, 1.165) is 0 Å². The smallest absolute Gasteiger partial charge is 0.244 e. The van der Waals surface area contributed by atoms with Crippen molar-refractivity contribution in [3.8, 4) is 0 Å². The number of rotatable bonds is 0. The van der Waals surface area contributed by atoms with Gasteiger partial charge in [-0.3, -0.25) is 0 Å². The first-order chi connectivity index (χ1) is 4.86. The van der Waals surface area contributed by atoms with E-state index in [9.17, 15) is 4.79 Å². The van der Waals surface area contributed by atoms with Crippen molar-refractivity contribution >= 4 is 6.03 Å². The van der Waals surface area contributed by atoms with E-state index < -0.39 is 6.03 Å². The van der Waals surface area contributed by atoms with Crippen molar-refractivity contribution < 1.29 is 4.79 Å². The fourth-order valence-corrected chi connectivity index (χ4v) is 0.823. The van der Waals surface area contributed by atoms with Gasteiger partial charge in [-0.05, 0) is 6.07 Å². The van der Waals surface area contributed by atoms with Crippen LogP contribution in [0, 0.1) is 6.07 Å². The maximum absolute atomic E-state index is 10.5. The number of hydrogen-bond donors (Lipinski definition) is 0. The molecule has 0 spiro atoms. The van der Waals surface area contributed by atoms with E-state index in [0.29, 0.717) is 10.7 Å². The molecule has 1 aromatic rings. The minimum absolute atomic E-state index is 0.433. The Morgan fingerprint density at radius 1 is 1.40 bits per heavy atom. The van der Waals surface area contributed by atoms with Gasteiger partial charge in [0.25, 0.3) is 0 Å². The largest absolute Gasteiger partial charge is 0.368 e. The molecule has 2 amide bonds. The molecule has 0 saturated carbocycles. The van der Waals surface area contributed by atoms with Crippen molar-refractivity contribution in [2.24, 2.45) is 9.98 Å². The lowest BCUT2D eigenvalue weighted by atomic mass is 10.3. The minimum Gasteiger partial charge on any atom is -0.244 e. The minimum atomic E-state index is -0.433. The van der Waals surface area contributed by atoms with E-state index in [1.54, 1.807) is 18.2 Å². The van der Waals surface area contributed by atoms with Crippen LogP contribution >= 0.6 is 0 Å². The van der Waals surface area contributed by atoms with Crippen molar-refractivity contribution in [2.45, 2.75) is 0 Å². The molecule has 1 aliphatic rings. The van der Waals surface area contributed by atoms with Gasteiger partial charge in [0.1, 0.15) is 5.36 Å². The number of carbonyl (C=O) groups excluding carboxylic acids is 1. The van der Waals surface area contributed by atoms with Gasteiger partial charge >= 0.3 is 6.03 Å². The Bertz CT molecular complexity index is 357. The van der Waals surface area contributed by atoms with Crippen LogP contribution in [0.25, 0.3) is 0 Å². The summed E-state index contributed by atoms with van der Waals surface area (Å²) in [4.78, 5) is 17.8. The number of carbonyl (C=O) groups is 1. The molecule has 1 aliphatic heterocycles. The monoisotopic (exact) mass is 131 g/mol. The molecule has 0 saturated heterocycles. The average molecular weight is 131 g/mol. The van der Waals surface area contributed by atoms with Crippen LogP contribution in [-0.2, 0) is 0 Å². The number of hydrogen-bond acceptors (Lipinski definition) is 1. The van der Waals surface area contributed by atoms with E-state index >= 15 is 0 Å². The maximum Gasteiger partial charge on any atom is 0.368 e. The van der Waals surface area contributed by atoms with Crippen LogP contribution in [0.1, 0.15) is 0 Å². The molecule has 3 heteroatoms. The second-order valence-electron chi connectivity index (χ2n) is 1.91. The number of fused-ring (bicyclic) bond motifs is 1. The highest BCUT2D eigenvalue weighted by atomic mass is 16.2. The Hall–Kier alpha value is -1.51. The fourth-order valence-electron chi connectivity index (χ4n) is 0.823. The molecule has 2 rings (SSSR count). The first-order valence-corrected chi connectivity index (χ1v) is 2.84. The van der Waals surface area contributed by atoms with Gasteiger partial charge < -0.3 is 0 Å². The van der Waals surface area contributed by atoms with E-state index in [4.69, 9.17) is 0 Å².